The SMILES string of the molecule is CCCNC(Cc1ccc(F)c(Br)c1)C1CCOC1CC. The Morgan fingerprint density at radius 1 is 1.43 bits per heavy atom. The van der Waals surface area contributed by atoms with Gasteiger partial charge in [-0.2, -0.15) is 0 Å². The molecule has 0 bridgehead atoms. The number of hydrogen-bond donors (Lipinski definition) is 1. The lowest BCUT2D eigenvalue weighted by Crippen LogP contribution is -2.41. The van der Waals surface area contributed by atoms with Gasteiger partial charge in [0.05, 0.1) is 10.6 Å². The van der Waals surface area contributed by atoms with E-state index in [1.807, 2.05) is 12.1 Å². The van der Waals surface area contributed by atoms with Crippen molar-refractivity contribution in [1.82, 2.24) is 5.32 Å². The van der Waals surface area contributed by atoms with E-state index in [1.54, 1.807) is 6.07 Å². The Morgan fingerprint density at radius 2 is 2.24 bits per heavy atom. The van der Waals surface area contributed by atoms with Gasteiger partial charge < -0.3 is 10.1 Å². The molecule has 3 atom stereocenters. The molecule has 1 aliphatic heterocycles. The molecule has 3 unspecified atom stereocenters. The minimum atomic E-state index is -0.201. The Morgan fingerprint density at radius 3 is 2.90 bits per heavy atom. The third kappa shape index (κ3) is 4.51. The fourth-order valence-electron chi connectivity index (χ4n) is 3.17. The maximum atomic E-state index is 13.4. The second-order valence-corrected chi connectivity index (χ2v) is 6.64. The molecule has 0 spiro atoms. The van der Waals surface area contributed by atoms with E-state index in [1.165, 1.54) is 5.56 Å². The molecule has 2 nitrogen and oxygen atoms in total. The number of nitrogens with one attached hydrogen (secondary N) is 1. The van der Waals surface area contributed by atoms with Crippen LogP contribution < -0.4 is 5.32 Å². The molecule has 1 fully saturated rings. The van der Waals surface area contributed by atoms with Crippen LogP contribution in [0.1, 0.15) is 38.7 Å². The molecule has 1 heterocycles. The van der Waals surface area contributed by atoms with Gasteiger partial charge in [-0.25, -0.2) is 4.39 Å². The summed E-state index contributed by atoms with van der Waals surface area (Å²) in [6.07, 6.45) is 4.56. The minimum absolute atomic E-state index is 0.201. The summed E-state index contributed by atoms with van der Waals surface area (Å²) in [6.45, 7) is 6.25. The zero-order valence-electron chi connectivity index (χ0n) is 12.9. The van der Waals surface area contributed by atoms with Gasteiger partial charge in [0, 0.05) is 18.6 Å². The van der Waals surface area contributed by atoms with E-state index in [4.69, 9.17) is 4.74 Å². The highest BCUT2D eigenvalue weighted by molar-refractivity contribution is 9.10. The largest absolute Gasteiger partial charge is 0.378 e. The van der Waals surface area contributed by atoms with Crippen LogP contribution in [0.2, 0.25) is 0 Å². The lowest BCUT2D eigenvalue weighted by molar-refractivity contribution is 0.0774. The Hall–Kier alpha value is -0.450. The summed E-state index contributed by atoms with van der Waals surface area (Å²) in [6, 6.07) is 5.72. The molecule has 1 aromatic carbocycles. The highest BCUT2D eigenvalue weighted by atomic mass is 79.9. The quantitative estimate of drug-likeness (QED) is 0.784. The molecule has 0 aromatic heterocycles. The fourth-order valence-corrected chi connectivity index (χ4v) is 3.60. The Bertz CT molecular complexity index is 454. The van der Waals surface area contributed by atoms with Gasteiger partial charge in [0.1, 0.15) is 5.82 Å². The van der Waals surface area contributed by atoms with Crippen molar-refractivity contribution < 1.29 is 9.13 Å². The van der Waals surface area contributed by atoms with Crippen molar-refractivity contribution in [1.29, 1.82) is 0 Å². The van der Waals surface area contributed by atoms with Crippen LogP contribution in [-0.4, -0.2) is 25.3 Å². The highest BCUT2D eigenvalue weighted by Crippen LogP contribution is 2.29. The summed E-state index contributed by atoms with van der Waals surface area (Å²) >= 11 is 3.28. The molecule has 1 N–H and O–H groups in total. The summed E-state index contributed by atoms with van der Waals surface area (Å²) < 4.78 is 19.8. The summed E-state index contributed by atoms with van der Waals surface area (Å²) in [5, 5.41) is 3.67. The number of rotatable bonds is 7. The second kappa shape index (κ2) is 8.25. The van der Waals surface area contributed by atoms with Crippen LogP contribution in [0.25, 0.3) is 0 Å². The van der Waals surface area contributed by atoms with E-state index in [9.17, 15) is 4.39 Å². The number of halogens is 2. The Labute approximate surface area is 135 Å². The average molecular weight is 358 g/mol. The predicted molar refractivity (Wildman–Crippen MR) is 88.0 cm³/mol. The Kier molecular flexibility index (Phi) is 6.65. The molecule has 1 saturated heterocycles. The molecular weight excluding hydrogens is 333 g/mol. The standard InChI is InChI=1S/C17H25BrFNO/c1-3-8-20-16(13-7-9-21-17(13)4-2)11-12-5-6-15(19)14(18)10-12/h5-6,10,13,16-17,20H,3-4,7-9,11H2,1-2H3. The van der Waals surface area contributed by atoms with Gasteiger partial charge in [0.15, 0.2) is 0 Å². The normalized spacial score (nSPS) is 23.4. The molecule has 0 saturated carbocycles. The fraction of sp³-hybridized carbons (Fsp3) is 0.647. The third-order valence-corrected chi connectivity index (χ3v) is 4.88. The summed E-state index contributed by atoms with van der Waals surface area (Å²) in [7, 11) is 0. The van der Waals surface area contributed by atoms with E-state index in [2.05, 4.69) is 35.1 Å². The van der Waals surface area contributed by atoms with Gasteiger partial charge in [0.25, 0.3) is 0 Å². The molecule has 118 valence electrons. The van der Waals surface area contributed by atoms with Crippen molar-refractivity contribution in [3.8, 4) is 0 Å². The first-order valence-electron chi connectivity index (χ1n) is 7.94. The van der Waals surface area contributed by atoms with Gasteiger partial charge in [0.2, 0.25) is 0 Å². The second-order valence-electron chi connectivity index (χ2n) is 5.78. The molecular formula is C17H25BrFNO. The van der Waals surface area contributed by atoms with Crippen LogP contribution in [0.4, 0.5) is 4.39 Å². The van der Waals surface area contributed by atoms with E-state index in [0.717, 1.165) is 38.8 Å². The number of hydrogen-bond acceptors (Lipinski definition) is 2. The van der Waals surface area contributed by atoms with Crippen molar-refractivity contribution in [2.75, 3.05) is 13.2 Å². The number of benzene rings is 1. The van der Waals surface area contributed by atoms with Gasteiger partial charge in [-0.3, -0.25) is 0 Å². The highest BCUT2D eigenvalue weighted by Gasteiger charge is 2.33. The minimum Gasteiger partial charge on any atom is -0.378 e. The molecule has 1 aliphatic rings. The molecule has 2 rings (SSSR count). The van der Waals surface area contributed by atoms with Crippen LogP contribution >= 0.6 is 15.9 Å². The molecule has 0 aliphatic carbocycles. The predicted octanol–water partition coefficient (Wildman–Crippen LogP) is 4.31. The number of ether oxygens (including phenoxy) is 1. The van der Waals surface area contributed by atoms with Gasteiger partial charge in [-0.1, -0.05) is 19.9 Å². The van der Waals surface area contributed by atoms with Crippen molar-refractivity contribution in [2.24, 2.45) is 5.92 Å². The first-order chi connectivity index (χ1) is 10.2. The van der Waals surface area contributed by atoms with Crippen LogP contribution in [0.3, 0.4) is 0 Å². The van der Waals surface area contributed by atoms with Crippen LogP contribution in [0.5, 0.6) is 0 Å². The topological polar surface area (TPSA) is 21.3 Å². The zero-order valence-corrected chi connectivity index (χ0v) is 14.5. The van der Waals surface area contributed by atoms with Gasteiger partial charge in [-0.15, -0.1) is 0 Å². The maximum Gasteiger partial charge on any atom is 0.137 e. The first-order valence-corrected chi connectivity index (χ1v) is 8.73. The average Bonchev–Trinajstić information content (AvgIpc) is 2.95. The van der Waals surface area contributed by atoms with Crippen molar-refractivity contribution in [3.63, 3.8) is 0 Å². The van der Waals surface area contributed by atoms with Crippen molar-refractivity contribution in [2.45, 2.75) is 51.7 Å². The lowest BCUT2D eigenvalue weighted by atomic mass is 9.87. The summed E-state index contributed by atoms with van der Waals surface area (Å²) in [4.78, 5) is 0. The summed E-state index contributed by atoms with van der Waals surface area (Å²) in [5.74, 6) is 0.345. The van der Waals surface area contributed by atoms with Crippen LogP contribution in [0, 0.1) is 11.7 Å². The third-order valence-electron chi connectivity index (χ3n) is 4.28. The van der Waals surface area contributed by atoms with Crippen molar-refractivity contribution in [3.05, 3.63) is 34.1 Å². The molecule has 0 amide bonds. The van der Waals surface area contributed by atoms with E-state index in [-0.39, 0.29) is 5.82 Å². The molecule has 0 radical (unpaired) electrons. The molecule has 21 heavy (non-hydrogen) atoms. The van der Waals surface area contributed by atoms with Crippen molar-refractivity contribution >= 4 is 15.9 Å². The lowest BCUT2D eigenvalue weighted by Gasteiger charge is -2.28. The van der Waals surface area contributed by atoms with Crippen LogP contribution in [-0.2, 0) is 11.2 Å². The smallest absolute Gasteiger partial charge is 0.137 e. The Balaban J connectivity index is 2.09. The van der Waals surface area contributed by atoms with E-state index >= 15 is 0 Å². The van der Waals surface area contributed by atoms with Crippen LogP contribution in [0.15, 0.2) is 22.7 Å². The first kappa shape index (κ1) is 16.9. The summed E-state index contributed by atoms with van der Waals surface area (Å²) in [5.41, 5.74) is 1.17. The van der Waals surface area contributed by atoms with E-state index in [0.29, 0.717) is 22.5 Å². The maximum absolute atomic E-state index is 13.4. The van der Waals surface area contributed by atoms with Gasteiger partial charge >= 0.3 is 0 Å². The molecule has 1 aromatic rings. The monoisotopic (exact) mass is 357 g/mol. The van der Waals surface area contributed by atoms with Gasteiger partial charge in [-0.05, 0) is 65.9 Å². The molecule has 4 heteroatoms. The zero-order chi connectivity index (χ0) is 15.2. The van der Waals surface area contributed by atoms with E-state index < -0.39 is 0 Å².